The minimum Gasteiger partial charge on any atom is -0.421 e. The lowest BCUT2D eigenvalue weighted by Crippen LogP contribution is -2.12. The summed E-state index contributed by atoms with van der Waals surface area (Å²) >= 11 is 7.36. The van der Waals surface area contributed by atoms with Crippen molar-refractivity contribution in [2.24, 2.45) is 0 Å². The Labute approximate surface area is 135 Å². The van der Waals surface area contributed by atoms with Gasteiger partial charge in [0.05, 0.1) is 0 Å². The van der Waals surface area contributed by atoms with Crippen molar-refractivity contribution in [1.29, 1.82) is 0 Å². The van der Waals surface area contributed by atoms with E-state index in [0.717, 1.165) is 5.56 Å². The lowest BCUT2D eigenvalue weighted by molar-refractivity contribution is -0.116. The highest BCUT2D eigenvalue weighted by atomic mass is 35.5. The van der Waals surface area contributed by atoms with Gasteiger partial charge in [0, 0.05) is 34.5 Å². The highest BCUT2D eigenvalue weighted by molar-refractivity contribution is 7.08. The molecule has 0 bridgehead atoms. The van der Waals surface area contributed by atoms with Gasteiger partial charge in [-0.15, -0.1) is 10.2 Å². The molecule has 0 saturated heterocycles. The smallest absolute Gasteiger partial charge is 0.248 e. The molecule has 3 rings (SSSR count). The molecule has 0 unspecified atom stereocenters. The number of anilines is 1. The van der Waals surface area contributed by atoms with E-state index < -0.39 is 0 Å². The number of halogens is 1. The number of amides is 1. The van der Waals surface area contributed by atoms with Crippen molar-refractivity contribution in [2.75, 3.05) is 5.32 Å². The zero-order valence-electron chi connectivity index (χ0n) is 11.5. The van der Waals surface area contributed by atoms with E-state index in [1.54, 1.807) is 35.6 Å². The summed E-state index contributed by atoms with van der Waals surface area (Å²) in [7, 11) is 0. The van der Waals surface area contributed by atoms with Crippen LogP contribution in [0.5, 0.6) is 0 Å². The third-order valence-corrected chi connectivity index (χ3v) is 3.86. The van der Waals surface area contributed by atoms with Crippen LogP contribution in [0.25, 0.3) is 11.5 Å². The number of thiophene rings is 1. The number of hydrogen-bond donors (Lipinski definition) is 1. The molecule has 22 heavy (non-hydrogen) atoms. The first kappa shape index (κ1) is 14.7. The van der Waals surface area contributed by atoms with Gasteiger partial charge in [-0.05, 0) is 35.7 Å². The van der Waals surface area contributed by atoms with Gasteiger partial charge in [0.25, 0.3) is 0 Å². The zero-order valence-corrected chi connectivity index (χ0v) is 13.0. The Morgan fingerprint density at radius 2 is 2.05 bits per heavy atom. The lowest BCUT2D eigenvalue weighted by Gasteiger charge is -2.03. The van der Waals surface area contributed by atoms with Crippen molar-refractivity contribution >= 4 is 34.5 Å². The second kappa shape index (κ2) is 6.72. The molecule has 0 atom stereocenters. The largest absolute Gasteiger partial charge is 0.421 e. The lowest BCUT2D eigenvalue weighted by atomic mass is 10.2. The van der Waals surface area contributed by atoms with Gasteiger partial charge in [-0.2, -0.15) is 11.3 Å². The average Bonchev–Trinajstić information content (AvgIpc) is 3.18. The van der Waals surface area contributed by atoms with E-state index in [2.05, 4.69) is 15.5 Å². The summed E-state index contributed by atoms with van der Waals surface area (Å²) in [4.78, 5) is 11.9. The number of nitrogens with zero attached hydrogens (tertiary/aromatic N) is 2. The molecule has 5 nitrogen and oxygen atoms in total. The Morgan fingerprint density at radius 1 is 1.23 bits per heavy atom. The first-order valence-corrected chi connectivity index (χ1v) is 7.93. The van der Waals surface area contributed by atoms with E-state index in [9.17, 15) is 4.79 Å². The van der Waals surface area contributed by atoms with Crippen LogP contribution in [0.4, 0.5) is 5.69 Å². The summed E-state index contributed by atoms with van der Waals surface area (Å²) < 4.78 is 5.53. The van der Waals surface area contributed by atoms with Crippen LogP contribution in [-0.4, -0.2) is 16.1 Å². The van der Waals surface area contributed by atoms with Gasteiger partial charge in [-0.3, -0.25) is 4.79 Å². The fourth-order valence-electron chi connectivity index (χ4n) is 1.83. The van der Waals surface area contributed by atoms with E-state index >= 15 is 0 Å². The molecule has 0 aliphatic carbocycles. The third-order valence-electron chi connectivity index (χ3n) is 2.93. The molecule has 2 aromatic heterocycles. The van der Waals surface area contributed by atoms with Crippen molar-refractivity contribution in [2.45, 2.75) is 12.8 Å². The van der Waals surface area contributed by atoms with Gasteiger partial charge >= 0.3 is 0 Å². The highest BCUT2D eigenvalue weighted by Crippen LogP contribution is 2.21. The Balaban J connectivity index is 1.54. The van der Waals surface area contributed by atoms with Gasteiger partial charge in [-0.1, -0.05) is 11.6 Å². The maximum atomic E-state index is 11.9. The molecule has 112 valence electrons. The average molecular weight is 334 g/mol. The number of aryl methyl sites for hydroxylation is 1. The van der Waals surface area contributed by atoms with Crippen LogP contribution in [0.1, 0.15) is 12.3 Å². The van der Waals surface area contributed by atoms with Crippen molar-refractivity contribution in [1.82, 2.24) is 10.2 Å². The minimum atomic E-state index is -0.113. The molecule has 0 spiro atoms. The first-order valence-electron chi connectivity index (χ1n) is 6.61. The number of hydrogen-bond acceptors (Lipinski definition) is 5. The standard InChI is InChI=1S/C15H12ClN3O2S/c16-11-1-3-12(4-2-11)17-13(20)5-6-14-18-19-15(21-14)10-7-8-22-9-10/h1-4,7-9H,5-6H2,(H,17,20). The Morgan fingerprint density at radius 3 is 2.77 bits per heavy atom. The number of carbonyl (C=O) groups is 1. The molecule has 0 aliphatic rings. The SMILES string of the molecule is O=C(CCc1nnc(-c2ccsc2)o1)Nc1ccc(Cl)cc1. The van der Waals surface area contributed by atoms with Crippen LogP contribution in [-0.2, 0) is 11.2 Å². The van der Waals surface area contributed by atoms with Crippen LogP contribution in [0.3, 0.4) is 0 Å². The molecule has 0 fully saturated rings. The quantitative estimate of drug-likeness (QED) is 0.765. The second-order valence-corrected chi connectivity index (χ2v) is 5.78. The Hall–Kier alpha value is -2.18. The molecular formula is C15H12ClN3O2S. The predicted octanol–water partition coefficient (Wildman–Crippen LogP) is 4.02. The molecular weight excluding hydrogens is 322 g/mol. The minimum absolute atomic E-state index is 0.113. The zero-order chi connectivity index (χ0) is 15.4. The fraction of sp³-hybridized carbons (Fsp3) is 0.133. The van der Waals surface area contributed by atoms with Gasteiger partial charge < -0.3 is 9.73 Å². The maximum Gasteiger partial charge on any atom is 0.248 e. The molecule has 7 heteroatoms. The van der Waals surface area contributed by atoms with Crippen LogP contribution in [0.15, 0.2) is 45.5 Å². The topological polar surface area (TPSA) is 68.0 Å². The second-order valence-electron chi connectivity index (χ2n) is 4.57. The van der Waals surface area contributed by atoms with Gasteiger partial charge in [0.15, 0.2) is 0 Å². The summed E-state index contributed by atoms with van der Waals surface area (Å²) in [6.07, 6.45) is 0.671. The predicted molar refractivity (Wildman–Crippen MR) is 86.0 cm³/mol. The number of nitrogens with one attached hydrogen (secondary N) is 1. The monoisotopic (exact) mass is 333 g/mol. The van der Waals surface area contributed by atoms with Crippen molar-refractivity contribution < 1.29 is 9.21 Å². The van der Waals surface area contributed by atoms with E-state index in [0.29, 0.717) is 28.9 Å². The number of aromatic nitrogens is 2. The molecule has 0 radical (unpaired) electrons. The summed E-state index contributed by atoms with van der Waals surface area (Å²) in [5.74, 6) is 0.819. The summed E-state index contributed by atoms with van der Waals surface area (Å²) in [5, 5.41) is 15.2. The normalized spacial score (nSPS) is 10.6. The van der Waals surface area contributed by atoms with Crippen LogP contribution in [0, 0.1) is 0 Å². The van der Waals surface area contributed by atoms with Crippen LogP contribution >= 0.6 is 22.9 Å². The van der Waals surface area contributed by atoms with E-state index in [-0.39, 0.29) is 12.3 Å². The number of benzene rings is 1. The summed E-state index contributed by atoms with van der Waals surface area (Å²) in [6.45, 7) is 0. The molecule has 1 aromatic carbocycles. The molecule has 1 N–H and O–H groups in total. The molecule has 3 aromatic rings. The molecule has 0 saturated carbocycles. The number of carbonyl (C=O) groups excluding carboxylic acids is 1. The number of rotatable bonds is 5. The third kappa shape index (κ3) is 3.72. The molecule has 2 heterocycles. The Bertz CT molecular complexity index is 753. The van der Waals surface area contributed by atoms with Gasteiger partial charge in [-0.25, -0.2) is 0 Å². The van der Waals surface area contributed by atoms with Gasteiger partial charge in [0.2, 0.25) is 17.7 Å². The highest BCUT2D eigenvalue weighted by Gasteiger charge is 2.11. The van der Waals surface area contributed by atoms with Crippen LogP contribution < -0.4 is 5.32 Å². The molecule has 1 amide bonds. The van der Waals surface area contributed by atoms with E-state index in [1.165, 1.54) is 0 Å². The Kier molecular flexibility index (Phi) is 4.50. The maximum absolute atomic E-state index is 11.9. The molecule has 0 aliphatic heterocycles. The van der Waals surface area contributed by atoms with Crippen molar-refractivity contribution in [3.63, 3.8) is 0 Å². The summed E-state index contributed by atoms with van der Waals surface area (Å²) in [5.41, 5.74) is 1.60. The van der Waals surface area contributed by atoms with E-state index in [4.69, 9.17) is 16.0 Å². The van der Waals surface area contributed by atoms with Crippen LogP contribution in [0.2, 0.25) is 5.02 Å². The first-order chi connectivity index (χ1) is 10.7. The van der Waals surface area contributed by atoms with Crippen molar-refractivity contribution in [3.8, 4) is 11.5 Å². The fourth-order valence-corrected chi connectivity index (χ4v) is 2.59. The van der Waals surface area contributed by atoms with Gasteiger partial charge in [0.1, 0.15) is 0 Å². The summed E-state index contributed by atoms with van der Waals surface area (Å²) in [6, 6.07) is 8.86. The van der Waals surface area contributed by atoms with Crippen molar-refractivity contribution in [3.05, 3.63) is 52.0 Å². The van der Waals surface area contributed by atoms with E-state index in [1.807, 2.05) is 16.8 Å².